The van der Waals surface area contributed by atoms with Crippen LogP contribution in [0.15, 0.2) is 0 Å². The molecule has 76 valence electrons. The van der Waals surface area contributed by atoms with Crippen LogP contribution in [0.1, 0.15) is 6.92 Å². The highest BCUT2D eigenvalue weighted by molar-refractivity contribution is 4.66. The smallest absolute Gasteiger partial charge is 0.130 e. The minimum absolute atomic E-state index is 0. The molecule has 12 heavy (non-hydrogen) atoms. The molecule has 1 aliphatic heterocycles. The standard InChI is InChI=1S/C6H14NO.C2H6O.ClH/c1-7(2,3)4-6-5-8-6;1-2-3;/h6H,4-5H2,1-3H3;3H,2H2,1H3;1H/q+1;;/p-1. The molecule has 0 bridgehead atoms. The Morgan fingerprint density at radius 3 is 1.83 bits per heavy atom. The van der Waals surface area contributed by atoms with Gasteiger partial charge in [-0.1, -0.05) is 0 Å². The second kappa shape index (κ2) is 6.66. The first-order valence-electron chi connectivity index (χ1n) is 4.02. The molecule has 1 heterocycles. The van der Waals surface area contributed by atoms with Gasteiger partial charge in [0, 0.05) is 6.61 Å². The normalized spacial score (nSPS) is 20.2. The first kappa shape index (κ1) is 14.7. The number of epoxide rings is 1. The highest BCUT2D eigenvalue weighted by atomic mass is 35.5. The van der Waals surface area contributed by atoms with Gasteiger partial charge in [0.15, 0.2) is 0 Å². The minimum atomic E-state index is 0. The van der Waals surface area contributed by atoms with Gasteiger partial charge in [-0.05, 0) is 6.92 Å². The predicted molar refractivity (Wildman–Crippen MR) is 45.4 cm³/mol. The minimum Gasteiger partial charge on any atom is -1.00 e. The van der Waals surface area contributed by atoms with Gasteiger partial charge in [-0.25, -0.2) is 0 Å². The number of aliphatic hydroxyl groups is 1. The van der Waals surface area contributed by atoms with E-state index in [9.17, 15) is 0 Å². The summed E-state index contributed by atoms with van der Waals surface area (Å²) in [6, 6.07) is 0. The van der Waals surface area contributed by atoms with Crippen LogP contribution in [0.3, 0.4) is 0 Å². The van der Waals surface area contributed by atoms with E-state index in [1.165, 1.54) is 0 Å². The summed E-state index contributed by atoms with van der Waals surface area (Å²) in [5.41, 5.74) is 0. The maximum absolute atomic E-state index is 7.57. The van der Waals surface area contributed by atoms with E-state index in [0.717, 1.165) is 17.6 Å². The summed E-state index contributed by atoms with van der Waals surface area (Å²) in [6.07, 6.45) is 0.565. The summed E-state index contributed by atoms with van der Waals surface area (Å²) in [6.45, 7) is 4.06. The van der Waals surface area contributed by atoms with Crippen LogP contribution in [0.25, 0.3) is 0 Å². The van der Waals surface area contributed by atoms with Gasteiger partial charge in [-0.15, -0.1) is 0 Å². The van der Waals surface area contributed by atoms with Gasteiger partial charge in [-0.2, -0.15) is 0 Å². The molecule has 4 heteroatoms. The summed E-state index contributed by atoms with van der Waals surface area (Å²) in [4.78, 5) is 0. The van der Waals surface area contributed by atoms with E-state index in [4.69, 9.17) is 9.84 Å². The van der Waals surface area contributed by atoms with Crippen molar-refractivity contribution in [1.29, 1.82) is 0 Å². The number of hydrogen-bond donors (Lipinski definition) is 1. The molecular weight excluding hydrogens is 178 g/mol. The number of ether oxygens (including phenoxy) is 1. The SMILES string of the molecule is CCO.C[N+](C)(C)CC1CO1.[Cl-]. The monoisotopic (exact) mass is 197 g/mol. The molecule has 1 atom stereocenters. The number of likely N-dealkylation sites (N-methyl/N-ethyl adjacent to an activating group) is 1. The lowest BCUT2D eigenvalue weighted by atomic mass is 10.4. The number of quaternary nitrogens is 1. The highest BCUT2D eigenvalue weighted by Crippen LogP contribution is 2.11. The van der Waals surface area contributed by atoms with Gasteiger partial charge < -0.3 is 26.7 Å². The van der Waals surface area contributed by atoms with Crippen molar-refractivity contribution in [1.82, 2.24) is 0 Å². The molecule has 0 aromatic carbocycles. The molecule has 1 saturated heterocycles. The third-order valence-corrected chi connectivity index (χ3v) is 1.15. The Balaban J connectivity index is 0. The van der Waals surface area contributed by atoms with E-state index < -0.39 is 0 Å². The van der Waals surface area contributed by atoms with Crippen molar-refractivity contribution < 1.29 is 26.7 Å². The number of rotatable bonds is 2. The predicted octanol–water partition coefficient (Wildman–Crippen LogP) is -2.91. The largest absolute Gasteiger partial charge is 1.00 e. The zero-order valence-electron chi connectivity index (χ0n) is 8.38. The fourth-order valence-corrected chi connectivity index (χ4v) is 0.784. The van der Waals surface area contributed by atoms with Gasteiger partial charge in [0.25, 0.3) is 0 Å². The van der Waals surface area contributed by atoms with E-state index >= 15 is 0 Å². The molecule has 3 nitrogen and oxygen atoms in total. The first-order chi connectivity index (χ1) is 4.99. The molecule has 1 unspecified atom stereocenters. The fraction of sp³-hybridized carbons (Fsp3) is 1.00. The Morgan fingerprint density at radius 1 is 1.42 bits per heavy atom. The van der Waals surface area contributed by atoms with Gasteiger partial charge in [-0.3, -0.25) is 0 Å². The van der Waals surface area contributed by atoms with Crippen molar-refractivity contribution in [2.75, 3.05) is 40.9 Å². The second-order valence-corrected chi connectivity index (χ2v) is 3.74. The second-order valence-electron chi connectivity index (χ2n) is 3.74. The topological polar surface area (TPSA) is 32.8 Å². The van der Waals surface area contributed by atoms with Crippen LogP contribution in [0.4, 0.5) is 0 Å². The van der Waals surface area contributed by atoms with Crippen LogP contribution < -0.4 is 12.4 Å². The molecule has 0 radical (unpaired) electrons. The third-order valence-electron chi connectivity index (χ3n) is 1.15. The quantitative estimate of drug-likeness (QED) is 0.381. The summed E-state index contributed by atoms with van der Waals surface area (Å²) in [5, 5.41) is 7.57. The molecule has 0 amide bonds. The number of nitrogens with zero attached hydrogens (tertiary/aromatic N) is 1. The molecular formula is C8H20ClNO2. The summed E-state index contributed by atoms with van der Waals surface area (Å²) >= 11 is 0. The zero-order chi connectivity index (χ0) is 8.91. The number of hydrogen-bond acceptors (Lipinski definition) is 2. The van der Waals surface area contributed by atoms with E-state index in [-0.39, 0.29) is 19.0 Å². The van der Waals surface area contributed by atoms with Gasteiger partial charge in [0.2, 0.25) is 0 Å². The van der Waals surface area contributed by atoms with Crippen molar-refractivity contribution in [2.24, 2.45) is 0 Å². The summed E-state index contributed by atoms with van der Waals surface area (Å²) in [5.74, 6) is 0. The van der Waals surface area contributed by atoms with Gasteiger partial charge >= 0.3 is 0 Å². The van der Waals surface area contributed by atoms with Crippen LogP contribution in [-0.4, -0.2) is 56.6 Å². The van der Waals surface area contributed by atoms with E-state index in [2.05, 4.69) is 21.1 Å². The molecule has 0 aliphatic carbocycles. The van der Waals surface area contributed by atoms with Gasteiger partial charge in [0.1, 0.15) is 12.6 Å². The maximum atomic E-state index is 7.57. The Morgan fingerprint density at radius 2 is 1.75 bits per heavy atom. The molecule has 0 aromatic rings. The maximum Gasteiger partial charge on any atom is 0.130 e. The third kappa shape index (κ3) is 12.8. The van der Waals surface area contributed by atoms with E-state index in [0.29, 0.717) is 6.10 Å². The van der Waals surface area contributed by atoms with Crippen molar-refractivity contribution >= 4 is 0 Å². The summed E-state index contributed by atoms with van der Waals surface area (Å²) < 4.78 is 6.09. The average Bonchev–Trinajstić information content (AvgIpc) is 2.47. The Hall–Kier alpha value is 0.170. The molecule has 0 aromatic heterocycles. The van der Waals surface area contributed by atoms with Crippen molar-refractivity contribution in [2.45, 2.75) is 13.0 Å². The first-order valence-corrected chi connectivity index (χ1v) is 4.02. The van der Waals surface area contributed by atoms with E-state index in [1.54, 1.807) is 6.92 Å². The molecule has 1 rings (SSSR count). The van der Waals surface area contributed by atoms with Crippen LogP contribution in [0.5, 0.6) is 0 Å². The van der Waals surface area contributed by atoms with E-state index in [1.807, 2.05) is 0 Å². The van der Waals surface area contributed by atoms with Crippen LogP contribution in [0.2, 0.25) is 0 Å². The van der Waals surface area contributed by atoms with Crippen molar-refractivity contribution in [3.8, 4) is 0 Å². The van der Waals surface area contributed by atoms with Crippen molar-refractivity contribution in [3.05, 3.63) is 0 Å². The fourth-order valence-electron chi connectivity index (χ4n) is 0.784. The lowest BCUT2D eigenvalue weighted by molar-refractivity contribution is -0.870. The Bertz CT molecular complexity index is 99.7. The Labute approximate surface area is 81.3 Å². The molecule has 0 spiro atoms. The molecule has 0 saturated carbocycles. The molecule has 1 aliphatic rings. The highest BCUT2D eigenvalue weighted by Gasteiger charge is 2.28. The number of halogens is 1. The van der Waals surface area contributed by atoms with Gasteiger partial charge in [0.05, 0.1) is 27.7 Å². The molecule has 1 N–H and O–H groups in total. The lowest BCUT2D eigenvalue weighted by Gasteiger charge is -2.22. The lowest BCUT2D eigenvalue weighted by Crippen LogP contribution is -3.00. The zero-order valence-corrected chi connectivity index (χ0v) is 9.14. The van der Waals surface area contributed by atoms with Crippen LogP contribution >= 0.6 is 0 Å². The van der Waals surface area contributed by atoms with Crippen molar-refractivity contribution in [3.63, 3.8) is 0 Å². The van der Waals surface area contributed by atoms with Crippen LogP contribution in [-0.2, 0) is 4.74 Å². The number of aliphatic hydroxyl groups excluding tert-OH is 1. The Kier molecular flexibility index (Phi) is 8.15. The van der Waals surface area contributed by atoms with Crippen LogP contribution in [0, 0.1) is 0 Å². The average molecular weight is 198 g/mol. The summed E-state index contributed by atoms with van der Waals surface area (Å²) in [7, 11) is 6.55. The molecule has 1 fully saturated rings.